The quantitative estimate of drug-likeness (QED) is 0.680. The number of rotatable bonds is 4. The number of carbonyl (C=O) groups excluding carboxylic acids is 1. The lowest BCUT2D eigenvalue weighted by molar-refractivity contribution is -0.0440. The third-order valence-corrected chi connectivity index (χ3v) is 7.59. The zero-order chi connectivity index (χ0) is 20.6. The molecule has 8 heteroatoms. The molecule has 0 spiro atoms. The highest BCUT2D eigenvalue weighted by atomic mass is 32.2. The number of morpholine rings is 1. The Labute approximate surface area is 174 Å². The number of benzene rings is 2. The monoisotopic (exact) mass is 430 g/mol. The molecule has 1 amide bonds. The first-order valence-electron chi connectivity index (χ1n) is 9.37. The van der Waals surface area contributed by atoms with Gasteiger partial charge < -0.3 is 10.1 Å². The maximum Gasteiger partial charge on any atom is 0.255 e. The largest absolute Gasteiger partial charge is 0.373 e. The summed E-state index contributed by atoms with van der Waals surface area (Å²) in [5.74, 6) is -0.280. The average Bonchev–Trinajstić information content (AvgIpc) is 3.15. The summed E-state index contributed by atoms with van der Waals surface area (Å²) in [6, 6.07) is 13.8. The van der Waals surface area contributed by atoms with Crippen molar-refractivity contribution >= 4 is 43.0 Å². The summed E-state index contributed by atoms with van der Waals surface area (Å²) < 4.78 is 34.1. The molecule has 1 fully saturated rings. The summed E-state index contributed by atoms with van der Waals surface area (Å²) in [6.45, 7) is 4.36. The third kappa shape index (κ3) is 4.20. The van der Waals surface area contributed by atoms with E-state index in [1.165, 1.54) is 16.4 Å². The number of amides is 1. The van der Waals surface area contributed by atoms with Crippen LogP contribution in [0.15, 0.2) is 58.8 Å². The number of nitrogens with zero attached hydrogens (tertiary/aromatic N) is 1. The van der Waals surface area contributed by atoms with E-state index in [-0.39, 0.29) is 23.0 Å². The highest BCUT2D eigenvalue weighted by Crippen LogP contribution is 2.25. The van der Waals surface area contributed by atoms with E-state index in [9.17, 15) is 13.2 Å². The Kier molecular flexibility index (Phi) is 5.44. The van der Waals surface area contributed by atoms with Crippen LogP contribution in [0.3, 0.4) is 0 Å². The van der Waals surface area contributed by atoms with Crippen LogP contribution >= 0.6 is 11.3 Å². The molecule has 0 radical (unpaired) electrons. The number of fused-ring (bicyclic) bond motifs is 1. The van der Waals surface area contributed by atoms with E-state index in [0.29, 0.717) is 24.3 Å². The first-order valence-corrected chi connectivity index (χ1v) is 11.7. The summed E-state index contributed by atoms with van der Waals surface area (Å²) in [6.07, 6.45) is -0.307. The van der Waals surface area contributed by atoms with Crippen LogP contribution in [0.25, 0.3) is 10.1 Å². The van der Waals surface area contributed by atoms with Crippen molar-refractivity contribution in [2.75, 3.05) is 18.4 Å². The summed E-state index contributed by atoms with van der Waals surface area (Å²) in [4.78, 5) is 12.7. The van der Waals surface area contributed by atoms with Gasteiger partial charge in [0.15, 0.2) is 0 Å². The third-order valence-electron chi connectivity index (χ3n) is 4.85. The predicted molar refractivity (Wildman–Crippen MR) is 115 cm³/mol. The normalized spacial score (nSPS) is 20.6. The van der Waals surface area contributed by atoms with Gasteiger partial charge >= 0.3 is 0 Å². The molecule has 4 rings (SSSR count). The number of anilines is 1. The van der Waals surface area contributed by atoms with Crippen molar-refractivity contribution in [1.82, 2.24) is 4.31 Å². The van der Waals surface area contributed by atoms with Gasteiger partial charge in [-0.05, 0) is 73.1 Å². The van der Waals surface area contributed by atoms with Gasteiger partial charge in [-0.25, -0.2) is 8.42 Å². The molecular weight excluding hydrogens is 408 g/mol. The number of hydrogen-bond acceptors (Lipinski definition) is 5. The van der Waals surface area contributed by atoms with E-state index < -0.39 is 10.0 Å². The molecule has 6 nitrogen and oxygen atoms in total. The summed E-state index contributed by atoms with van der Waals surface area (Å²) >= 11 is 1.65. The van der Waals surface area contributed by atoms with E-state index in [1.807, 2.05) is 43.5 Å². The van der Waals surface area contributed by atoms with Gasteiger partial charge in [-0.1, -0.05) is 0 Å². The van der Waals surface area contributed by atoms with E-state index in [0.717, 1.165) is 10.1 Å². The fraction of sp³-hybridized carbons (Fsp3) is 0.286. The van der Waals surface area contributed by atoms with Gasteiger partial charge in [-0.15, -0.1) is 11.3 Å². The molecule has 2 heterocycles. The molecule has 2 atom stereocenters. The molecular formula is C21H22N2O4S2. The molecule has 3 aromatic rings. The SMILES string of the molecule is C[C@@H]1CN(S(=O)(=O)c2ccc(C(=O)Nc3ccc4sccc4c3)cc2)C[C@@H](C)O1. The second-order valence-corrected chi connectivity index (χ2v) is 10.1. The molecule has 1 N–H and O–H groups in total. The van der Waals surface area contributed by atoms with E-state index >= 15 is 0 Å². The van der Waals surface area contributed by atoms with Crippen LogP contribution in [-0.2, 0) is 14.8 Å². The Morgan fingerprint density at radius 2 is 1.76 bits per heavy atom. The molecule has 1 aliphatic rings. The van der Waals surface area contributed by atoms with Crippen LogP contribution in [-0.4, -0.2) is 43.9 Å². The van der Waals surface area contributed by atoms with Gasteiger partial charge in [-0.2, -0.15) is 4.31 Å². The molecule has 0 aliphatic carbocycles. The van der Waals surface area contributed by atoms with Crippen molar-refractivity contribution < 1.29 is 17.9 Å². The van der Waals surface area contributed by atoms with Crippen molar-refractivity contribution in [3.8, 4) is 0 Å². The maximum absolute atomic E-state index is 12.9. The van der Waals surface area contributed by atoms with Gasteiger partial charge in [0.1, 0.15) is 0 Å². The zero-order valence-corrected chi connectivity index (χ0v) is 17.8. The summed E-state index contributed by atoms with van der Waals surface area (Å²) in [7, 11) is -3.62. The number of sulfonamides is 1. The maximum atomic E-state index is 12.9. The number of carbonyl (C=O) groups is 1. The lowest BCUT2D eigenvalue weighted by atomic mass is 10.2. The Hall–Kier alpha value is -2.26. The highest BCUT2D eigenvalue weighted by Gasteiger charge is 2.32. The molecule has 2 aromatic carbocycles. The summed E-state index contributed by atoms with van der Waals surface area (Å²) in [5, 5.41) is 5.94. The second-order valence-electron chi connectivity index (χ2n) is 7.23. The molecule has 152 valence electrons. The average molecular weight is 431 g/mol. The Balaban J connectivity index is 1.50. The van der Waals surface area contributed by atoms with Crippen LogP contribution in [0.2, 0.25) is 0 Å². The lowest BCUT2D eigenvalue weighted by Gasteiger charge is -2.34. The highest BCUT2D eigenvalue weighted by molar-refractivity contribution is 7.89. The van der Waals surface area contributed by atoms with Gasteiger partial charge in [0.2, 0.25) is 10.0 Å². The van der Waals surface area contributed by atoms with E-state index in [4.69, 9.17) is 4.74 Å². The molecule has 1 aliphatic heterocycles. The first kappa shape index (κ1) is 20.0. The molecule has 0 bridgehead atoms. The zero-order valence-electron chi connectivity index (χ0n) is 16.2. The number of ether oxygens (including phenoxy) is 1. The van der Waals surface area contributed by atoms with Crippen LogP contribution in [0.5, 0.6) is 0 Å². The van der Waals surface area contributed by atoms with Crippen molar-refractivity contribution in [3.63, 3.8) is 0 Å². The van der Waals surface area contributed by atoms with Gasteiger partial charge in [0.05, 0.1) is 17.1 Å². The minimum absolute atomic E-state index is 0.154. The molecule has 29 heavy (non-hydrogen) atoms. The van der Waals surface area contributed by atoms with Crippen molar-refractivity contribution in [2.24, 2.45) is 0 Å². The van der Waals surface area contributed by atoms with Crippen LogP contribution in [0.1, 0.15) is 24.2 Å². The fourth-order valence-corrected chi connectivity index (χ4v) is 5.86. The minimum atomic E-state index is -3.62. The van der Waals surface area contributed by atoms with Crippen molar-refractivity contribution in [3.05, 3.63) is 59.5 Å². The molecule has 0 unspecified atom stereocenters. The van der Waals surface area contributed by atoms with Crippen LogP contribution in [0.4, 0.5) is 5.69 Å². The lowest BCUT2D eigenvalue weighted by Crippen LogP contribution is -2.48. The van der Waals surface area contributed by atoms with Gasteiger partial charge in [-0.3, -0.25) is 4.79 Å². The second kappa shape index (κ2) is 7.87. The Bertz CT molecular complexity index is 1130. The molecule has 0 saturated carbocycles. The molecule has 1 aromatic heterocycles. The van der Waals surface area contributed by atoms with Gasteiger partial charge in [0, 0.05) is 29.0 Å². The number of thiophene rings is 1. The van der Waals surface area contributed by atoms with Crippen molar-refractivity contribution in [1.29, 1.82) is 0 Å². The molecule has 1 saturated heterocycles. The topological polar surface area (TPSA) is 75.7 Å². The fourth-order valence-electron chi connectivity index (χ4n) is 3.50. The smallest absolute Gasteiger partial charge is 0.255 e. The predicted octanol–water partition coefficient (Wildman–Crippen LogP) is 3.95. The Morgan fingerprint density at radius 3 is 2.45 bits per heavy atom. The minimum Gasteiger partial charge on any atom is -0.373 e. The van der Waals surface area contributed by atoms with Crippen LogP contribution in [0, 0.1) is 0 Å². The summed E-state index contributed by atoms with van der Waals surface area (Å²) in [5.41, 5.74) is 1.10. The Morgan fingerprint density at radius 1 is 1.07 bits per heavy atom. The van der Waals surface area contributed by atoms with E-state index in [2.05, 4.69) is 5.32 Å². The number of hydrogen-bond donors (Lipinski definition) is 1. The van der Waals surface area contributed by atoms with E-state index in [1.54, 1.807) is 23.5 Å². The number of nitrogens with one attached hydrogen (secondary N) is 1. The van der Waals surface area contributed by atoms with Crippen LogP contribution < -0.4 is 5.32 Å². The first-order chi connectivity index (χ1) is 13.8. The van der Waals surface area contributed by atoms with Gasteiger partial charge in [0.25, 0.3) is 5.91 Å². The van der Waals surface area contributed by atoms with Crippen molar-refractivity contribution in [2.45, 2.75) is 31.0 Å². The standard InChI is InChI=1S/C21H22N2O4S2/c1-14-12-23(13-15(2)27-14)29(25,26)19-6-3-16(4-7-19)21(24)22-18-5-8-20-17(11-18)9-10-28-20/h3-11,14-15H,12-13H2,1-2H3,(H,22,24)/t14-,15-/m1/s1.